The van der Waals surface area contributed by atoms with Crippen LogP contribution in [-0.2, 0) is 14.3 Å². The molecule has 0 aromatic heterocycles. The number of hydrogen-bond donors (Lipinski definition) is 4. The number of aliphatic hydroxyl groups excluding tert-OH is 3. The Bertz CT molecular complexity index is 248. The highest BCUT2D eigenvalue weighted by molar-refractivity contribution is 5.73. The van der Waals surface area contributed by atoms with E-state index in [4.69, 9.17) is 14.6 Å². The first kappa shape index (κ1) is 13.3. The van der Waals surface area contributed by atoms with E-state index >= 15 is 0 Å². The van der Waals surface area contributed by atoms with Crippen LogP contribution in [0, 0.1) is 0 Å². The molecule has 16 heavy (non-hydrogen) atoms. The van der Waals surface area contributed by atoms with Crippen LogP contribution in [0.2, 0.25) is 0 Å². The Balaban J connectivity index is 2.78. The molecule has 7 nitrogen and oxygen atoms in total. The number of ether oxygens (including phenoxy) is 2. The maximum Gasteiger partial charge on any atom is 0.217 e. The molecule has 1 heterocycles. The average Bonchev–Trinajstić information content (AvgIpc) is 2.23. The van der Waals surface area contributed by atoms with Crippen molar-refractivity contribution in [3.8, 4) is 0 Å². The molecule has 0 aliphatic carbocycles. The fourth-order valence-electron chi connectivity index (χ4n) is 1.76. The van der Waals surface area contributed by atoms with Crippen LogP contribution in [0.3, 0.4) is 0 Å². The van der Waals surface area contributed by atoms with Crippen LogP contribution in [0.4, 0.5) is 0 Å². The van der Waals surface area contributed by atoms with Crippen LogP contribution in [0.25, 0.3) is 0 Å². The zero-order valence-electron chi connectivity index (χ0n) is 9.16. The Morgan fingerprint density at radius 3 is 2.56 bits per heavy atom. The normalized spacial score (nSPS) is 39.4. The van der Waals surface area contributed by atoms with Crippen molar-refractivity contribution in [2.75, 3.05) is 13.7 Å². The van der Waals surface area contributed by atoms with Gasteiger partial charge in [-0.15, -0.1) is 0 Å². The van der Waals surface area contributed by atoms with Crippen molar-refractivity contribution in [3.05, 3.63) is 0 Å². The van der Waals surface area contributed by atoms with Crippen molar-refractivity contribution in [1.29, 1.82) is 0 Å². The minimum Gasteiger partial charge on any atom is -0.394 e. The number of carbonyl (C=O) groups is 1. The highest BCUT2D eigenvalue weighted by atomic mass is 16.6. The molecule has 0 aromatic carbocycles. The Morgan fingerprint density at radius 2 is 2.12 bits per heavy atom. The Labute approximate surface area is 93.0 Å². The van der Waals surface area contributed by atoms with Gasteiger partial charge in [0.1, 0.15) is 24.4 Å². The van der Waals surface area contributed by atoms with Gasteiger partial charge in [-0.3, -0.25) is 4.79 Å². The molecule has 5 atom stereocenters. The van der Waals surface area contributed by atoms with E-state index in [1.54, 1.807) is 0 Å². The summed E-state index contributed by atoms with van der Waals surface area (Å²) >= 11 is 0. The van der Waals surface area contributed by atoms with Gasteiger partial charge in [0.15, 0.2) is 6.29 Å². The van der Waals surface area contributed by atoms with Gasteiger partial charge < -0.3 is 30.1 Å². The lowest BCUT2D eigenvalue weighted by atomic mass is 9.97. The van der Waals surface area contributed by atoms with Crippen molar-refractivity contribution < 1.29 is 29.6 Å². The standard InChI is InChI=1S/C9H17NO6/c1-4(12)10-6-8(15-2)7(13)5(3-11)16-9(6)14/h5-9,11,13-14H,3H2,1-2H3,(H,10,12)/t5-,6-,7-,8-,9-/m1/s1. The highest BCUT2D eigenvalue weighted by Crippen LogP contribution is 2.21. The summed E-state index contributed by atoms with van der Waals surface area (Å²) in [5, 5.41) is 30.7. The molecule has 0 spiro atoms. The summed E-state index contributed by atoms with van der Waals surface area (Å²) in [6.07, 6.45) is -4.19. The summed E-state index contributed by atoms with van der Waals surface area (Å²) in [5.74, 6) is -0.371. The van der Waals surface area contributed by atoms with Gasteiger partial charge in [0.05, 0.1) is 6.61 Å². The third kappa shape index (κ3) is 2.69. The molecule has 0 radical (unpaired) electrons. The zero-order chi connectivity index (χ0) is 12.3. The predicted octanol–water partition coefficient (Wildman–Crippen LogP) is -2.42. The first-order valence-corrected chi connectivity index (χ1v) is 4.93. The fourth-order valence-corrected chi connectivity index (χ4v) is 1.76. The Hall–Kier alpha value is -0.730. The molecule has 0 bridgehead atoms. The number of amides is 1. The number of carbonyl (C=O) groups excluding carboxylic acids is 1. The summed E-state index contributed by atoms with van der Waals surface area (Å²) < 4.78 is 9.96. The highest BCUT2D eigenvalue weighted by Gasteiger charge is 2.45. The molecule has 1 rings (SSSR count). The van der Waals surface area contributed by atoms with E-state index in [0.717, 1.165) is 0 Å². The van der Waals surface area contributed by atoms with Crippen molar-refractivity contribution in [1.82, 2.24) is 5.32 Å². The lowest BCUT2D eigenvalue weighted by Crippen LogP contribution is -2.64. The van der Waals surface area contributed by atoms with E-state index in [2.05, 4.69) is 5.32 Å². The van der Waals surface area contributed by atoms with Crippen molar-refractivity contribution in [2.45, 2.75) is 37.6 Å². The van der Waals surface area contributed by atoms with Gasteiger partial charge in [-0.2, -0.15) is 0 Å². The van der Waals surface area contributed by atoms with Crippen molar-refractivity contribution in [3.63, 3.8) is 0 Å². The van der Waals surface area contributed by atoms with Crippen LogP contribution in [0.15, 0.2) is 0 Å². The fraction of sp³-hybridized carbons (Fsp3) is 0.889. The second kappa shape index (κ2) is 5.55. The van der Waals surface area contributed by atoms with E-state index in [-0.39, 0.29) is 5.91 Å². The summed E-state index contributed by atoms with van der Waals surface area (Å²) in [6, 6.07) is -0.861. The van der Waals surface area contributed by atoms with E-state index in [9.17, 15) is 15.0 Å². The molecule has 0 unspecified atom stereocenters. The Morgan fingerprint density at radius 1 is 1.50 bits per heavy atom. The maximum absolute atomic E-state index is 10.9. The van der Waals surface area contributed by atoms with Gasteiger partial charge in [-0.25, -0.2) is 0 Å². The lowest BCUT2D eigenvalue weighted by Gasteiger charge is -2.41. The van der Waals surface area contributed by atoms with Crippen LogP contribution < -0.4 is 5.32 Å². The zero-order valence-corrected chi connectivity index (χ0v) is 9.16. The van der Waals surface area contributed by atoms with E-state index in [1.807, 2.05) is 0 Å². The second-order valence-electron chi connectivity index (χ2n) is 3.66. The average molecular weight is 235 g/mol. The Kier molecular flexibility index (Phi) is 4.63. The molecular weight excluding hydrogens is 218 g/mol. The number of methoxy groups -OCH3 is 1. The first-order chi connectivity index (χ1) is 7.51. The summed E-state index contributed by atoms with van der Waals surface area (Å²) in [7, 11) is 1.34. The molecule has 1 saturated heterocycles. The molecule has 1 amide bonds. The lowest BCUT2D eigenvalue weighted by molar-refractivity contribution is -0.258. The molecule has 7 heteroatoms. The summed E-state index contributed by atoms with van der Waals surface area (Å²) in [5.41, 5.74) is 0. The third-order valence-electron chi connectivity index (χ3n) is 2.51. The predicted molar refractivity (Wildman–Crippen MR) is 52.4 cm³/mol. The van der Waals surface area contributed by atoms with Crippen LogP contribution >= 0.6 is 0 Å². The minimum atomic E-state index is -1.32. The van der Waals surface area contributed by atoms with Gasteiger partial charge in [0.25, 0.3) is 0 Å². The van der Waals surface area contributed by atoms with Gasteiger partial charge in [0, 0.05) is 14.0 Å². The molecule has 1 aliphatic heterocycles. The third-order valence-corrected chi connectivity index (χ3v) is 2.51. The number of aliphatic hydroxyl groups is 3. The quantitative estimate of drug-likeness (QED) is 0.433. The largest absolute Gasteiger partial charge is 0.394 e. The molecular formula is C9H17NO6. The van der Waals surface area contributed by atoms with Crippen LogP contribution in [0.1, 0.15) is 6.92 Å². The molecule has 4 N–H and O–H groups in total. The van der Waals surface area contributed by atoms with E-state index in [0.29, 0.717) is 0 Å². The first-order valence-electron chi connectivity index (χ1n) is 4.93. The summed E-state index contributed by atoms with van der Waals surface area (Å²) in [6.45, 7) is 0.842. The smallest absolute Gasteiger partial charge is 0.217 e. The van der Waals surface area contributed by atoms with Crippen molar-refractivity contribution in [2.24, 2.45) is 0 Å². The van der Waals surface area contributed by atoms with Crippen LogP contribution in [0.5, 0.6) is 0 Å². The second-order valence-corrected chi connectivity index (χ2v) is 3.66. The van der Waals surface area contributed by atoms with E-state index < -0.39 is 37.3 Å². The van der Waals surface area contributed by atoms with E-state index in [1.165, 1.54) is 14.0 Å². The number of rotatable bonds is 3. The van der Waals surface area contributed by atoms with Gasteiger partial charge in [-0.05, 0) is 0 Å². The van der Waals surface area contributed by atoms with Gasteiger partial charge >= 0.3 is 0 Å². The summed E-state index contributed by atoms with van der Waals surface area (Å²) in [4.78, 5) is 10.9. The SMILES string of the molecule is CO[C@H]1[C@H](O)[C@@H](CO)O[C@@H](O)[C@@H]1NC(C)=O. The molecule has 0 aromatic rings. The number of nitrogens with one attached hydrogen (secondary N) is 1. The molecule has 1 fully saturated rings. The van der Waals surface area contributed by atoms with Crippen LogP contribution in [-0.4, -0.2) is 65.6 Å². The van der Waals surface area contributed by atoms with Gasteiger partial charge in [-0.1, -0.05) is 0 Å². The topological polar surface area (TPSA) is 108 Å². The minimum absolute atomic E-state index is 0.371. The van der Waals surface area contributed by atoms with Gasteiger partial charge in [0.2, 0.25) is 5.91 Å². The number of hydrogen-bond acceptors (Lipinski definition) is 6. The molecule has 0 saturated carbocycles. The van der Waals surface area contributed by atoms with Crippen molar-refractivity contribution >= 4 is 5.91 Å². The molecule has 94 valence electrons. The maximum atomic E-state index is 10.9. The molecule has 1 aliphatic rings. The monoisotopic (exact) mass is 235 g/mol.